The average molecular weight is 495 g/mol. The van der Waals surface area contributed by atoms with Gasteiger partial charge in [-0.2, -0.15) is 0 Å². The number of amides is 1. The van der Waals surface area contributed by atoms with Gasteiger partial charge in [0.25, 0.3) is 5.91 Å². The molecule has 0 spiro atoms. The Morgan fingerprint density at radius 2 is 1.50 bits per heavy atom. The van der Waals surface area contributed by atoms with Gasteiger partial charge in [0.15, 0.2) is 11.5 Å². The lowest BCUT2D eigenvalue weighted by molar-refractivity contribution is 0.0519. The predicted octanol–water partition coefficient (Wildman–Crippen LogP) is 4.99. The van der Waals surface area contributed by atoms with Gasteiger partial charge in [-0.1, -0.05) is 29.8 Å². The largest absolute Gasteiger partial charge is 0.493 e. The van der Waals surface area contributed by atoms with Crippen molar-refractivity contribution in [2.24, 2.45) is 0 Å². The molecule has 1 amide bonds. The molecule has 0 bridgehead atoms. The van der Waals surface area contributed by atoms with Gasteiger partial charge in [0, 0.05) is 24.3 Å². The number of aryl methyl sites for hydroxylation is 2. The van der Waals surface area contributed by atoms with E-state index in [1.807, 2.05) is 45.0 Å². The van der Waals surface area contributed by atoms with Gasteiger partial charge in [-0.05, 0) is 56.5 Å². The zero-order valence-electron chi connectivity index (χ0n) is 22.0. The summed E-state index contributed by atoms with van der Waals surface area (Å²) in [5.74, 6) is 0.583. The number of carbonyl (C=O) groups excluding carboxylic acids is 2. The predicted molar refractivity (Wildman–Crippen MR) is 137 cm³/mol. The molecule has 0 radical (unpaired) electrons. The minimum atomic E-state index is -0.412. The van der Waals surface area contributed by atoms with Crippen LogP contribution in [-0.2, 0) is 17.8 Å². The molecule has 0 fully saturated rings. The van der Waals surface area contributed by atoms with Crippen LogP contribution in [0.15, 0.2) is 36.4 Å². The van der Waals surface area contributed by atoms with Crippen molar-refractivity contribution in [3.8, 4) is 17.2 Å². The van der Waals surface area contributed by atoms with E-state index in [1.54, 1.807) is 24.0 Å². The number of esters is 1. The minimum absolute atomic E-state index is 0.215. The van der Waals surface area contributed by atoms with E-state index < -0.39 is 5.97 Å². The van der Waals surface area contributed by atoms with E-state index in [-0.39, 0.29) is 19.1 Å². The number of hydrogen-bond acceptors (Lipinski definition) is 6. The maximum absolute atomic E-state index is 13.9. The fraction of sp³-hybridized carbons (Fsp3) is 0.357. The molecule has 0 aliphatic rings. The number of nitrogens with one attached hydrogen (secondary N) is 1. The van der Waals surface area contributed by atoms with Crippen molar-refractivity contribution in [1.82, 2.24) is 9.88 Å². The molecule has 0 atom stereocenters. The van der Waals surface area contributed by atoms with E-state index in [9.17, 15) is 9.59 Å². The minimum Gasteiger partial charge on any atom is -0.493 e. The highest BCUT2D eigenvalue weighted by Gasteiger charge is 2.25. The molecule has 0 saturated heterocycles. The van der Waals surface area contributed by atoms with E-state index in [0.29, 0.717) is 35.1 Å². The first-order chi connectivity index (χ1) is 17.2. The van der Waals surface area contributed by atoms with E-state index >= 15 is 0 Å². The lowest BCUT2D eigenvalue weighted by Crippen LogP contribution is -2.30. The van der Waals surface area contributed by atoms with Gasteiger partial charge in [-0.25, -0.2) is 4.79 Å². The Hall–Kier alpha value is -3.94. The number of hydrogen-bond donors (Lipinski definition) is 1. The Balaban J connectivity index is 2.05. The highest BCUT2D eigenvalue weighted by atomic mass is 16.5. The summed E-state index contributed by atoms with van der Waals surface area (Å²) in [7, 11) is 4.54. The Morgan fingerprint density at radius 3 is 2.03 bits per heavy atom. The molecular formula is C28H34N2O6. The molecule has 36 heavy (non-hydrogen) atoms. The van der Waals surface area contributed by atoms with Crippen LogP contribution in [0, 0.1) is 20.8 Å². The number of ether oxygens (including phenoxy) is 4. The molecule has 0 aliphatic carbocycles. The van der Waals surface area contributed by atoms with Crippen LogP contribution < -0.4 is 14.2 Å². The molecule has 1 N–H and O–H groups in total. The molecule has 192 valence electrons. The van der Waals surface area contributed by atoms with Crippen LogP contribution in [0.2, 0.25) is 0 Å². The summed E-state index contributed by atoms with van der Waals surface area (Å²) in [6.07, 6.45) is 0. The van der Waals surface area contributed by atoms with Crippen molar-refractivity contribution in [3.63, 3.8) is 0 Å². The second kappa shape index (κ2) is 11.7. The molecule has 1 aromatic heterocycles. The van der Waals surface area contributed by atoms with Crippen LogP contribution in [0.5, 0.6) is 17.2 Å². The Bertz CT molecular complexity index is 1200. The van der Waals surface area contributed by atoms with Gasteiger partial charge in [-0.15, -0.1) is 0 Å². The lowest BCUT2D eigenvalue weighted by atomic mass is 10.1. The van der Waals surface area contributed by atoms with Crippen molar-refractivity contribution in [2.45, 2.75) is 40.8 Å². The summed E-state index contributed by atoms with van der Waals surface area (Å²) >= 11 is 0. The van der Waals surface area contributed by atoms with E-state index in [1.165, 1.54) is 21.3 Å². The van der Waals surface area contributed by atoms with Crippen LogP contribution >= 0.6 is 0 Å². The molecule has 3 rings (SSSR count). The van der Waals surface area contributed by atoms with Crippen molar-refractivity contribution in [1.29, 1.82) is 0 Å². The summed E-state index contributed by atoms with van der Waals surface area (Å²) in [6, 6.07) is 11.3. The summed E-state index contributed by atoms with van der Waals surface area (Å²) in [6.45, 7) is 8.48. The quantitative estimate of drug-likeness (QED) is 0.400. The van der Waals surface area contributed by atoms with Crippen LogP contribution in [0.4, 0.5) is 0 Å². The number of methoxy groups -OCH3 is 3. The summed E-state index contributed by atoms with van der Waals surface area (Å²) in [5.41, 5.74) is 5.36. The summed E-state index contributed by atoms with van der Waals surface area (Å²) in [5, 5.41) is 0. The average Bonchev–Trinajstić information content (AvgIpc) is 3.16. The fourth-order valence-electron chi connectivity index (χ4n) is 4.12. The normalized spacial score (nSPS) is 10.6. The second-order valence-corrected chi connectivity index (χ2v) is 8.51. The van der Waals surface area contributed by atoms with Gasteiger partial charge >= 0.3 is 5.97 Å². The van der Waals surface area contributed by atoms with Gasteiger partial charge < -0.3 is 28.8 Å². The molecule has 0 unspecified atom stereocenters. The van der Waals surface area contributed by atoms with Crippen molar-refractivity contribution in [2.75, 3.05) is 27.9 Å². The van der Waals surface area contributed by atoms with Crippen LogP contribution in [0.3, 0.4) is 0 Å². The van der Waals surface area contributed by atoms with E-state index in [4.69, 9.17) is 18.9 Å². The van der Waals surface area contributed by atoms with Crippen molar-refractivity contribution in [3.05, 3.63) is 75.6 Å². The van der Waals surface area contributed by atoms with Crippen LogP contribution in [0.25, 0.3) is 0 Å². The van der Waals surface area contributed by atoms with Gasteiger partial charge in [0.2, 0.25) is 5.75 Å². The molecule has 0 aliphatic heterocycles. The maximum Gasteiger partial charge on any atom is 0.355 e. The second-order valence-electron chi connectivity index (χ2n) is 8.51. The molecule has 0 saturated carbocycles. The first-order valence-corrected chi connectivity index (χ1v) is 11.7. The third kappa shape index (κ3) is 5.64. The van der Waals surface area contributed by atoms with E-state index in [2.05, 4.69) is 4.98 Å². The van der Waals surface area contributed by atoms with Gasteiger partial charge in [0.05, 0.1) is 27.9 Å². The molecule has 8 heteroatoms. The van der Waals surface area contributed by atoms with Gasteiger partial charge in [-0.3, -0.25) is 4.79 Å². The van der Waals surface area contributed by atoms with Crippen LogP contribution in [-0.4, -0.2) is 49.7 Å². The summed E-state index contributed by atoms with van der Waals surface area (Å²) in [4.78, 5) is 31.2. The SMILES string of the molecule is CCOC(=O)c1[nH]c(C)c(CN(Cc2ccc(C)cc2)C(=O)c2cc(OC)c(OC)c(OC)c2)c1C. The van der Waals surface area contributed by atoms with Crippen molar-refractivity contribution < 1.29 is 28.5 Å². The number of carbonyl (C=O) groups is 2. The number of nitrogens with zero attached hydrogens (tertiary/aromatic N) is 1. The lowest BCUT2D eigenvalue weighted by Gasteiger charge is -2.25. The smallest absolute Gasteiger partial charge is 0.355 e. The first kappa shape index (κ1) is 26.7. The standard InChI is InChI=1S/C28H34N2O6/c1-8-36-28(32)25-18(3)22(19(4)29-25)16-30(15-20-11-9-17(2)10-12-20)27(31)21-13-23(33-5)26(35-7)24(14-21)34-6/h9-14,29H,8,15-16H2,1-7H3. The Labute approximate surface area is 212 Å². The number of aromatic amines is 1. The maximum atomic E-state index is 13.9. The zero-order chi connectivity index (χ0) is 26.4. The molecule has 3 aromatic rings. The molecular weight excluding hydrogens is 460 g/mol. The Kier molecular flexibility index (Phi) is 8.64. The highest BCUT2D eigenvalue weighted by Crippen LogP contribution is 2.38. The fourth-order valence-corrected chi connectivity index (χ4v) is 4.12. The molecule has 8 nitrogen and oxygen atoms in total. The number of rotatable bonds is 10. The third-order valence-electron chi connectivity index (χ3n) is 6.11. The third-order valence-corrected chi connectivity index (χ3v) is 6.11. The summed E-state index contributed by atoms with van der Waals surface area (Å²) < 4.78 is 21.5. The zero-order valence-corrected chi connectivity index (χ0v) is 22.0. The number of benzene rings is 2. The monoisotopic (exact) mass is 494 g/mol. The molecule has 2 aromatic carbocycles. The van der Waals surface area contributed by atoms with Gasteiger partial charge in [0.1, 0.15) is 5.69 Å². The van der Waals surface area contributed by atoms with E-state index in [0.717, 1.165) is 27.9 Å². The Morgan fingerprint density at radius 1 is 0.889 bits per heavy atom. The molecule has 1 heterocycles. The van der Waals surface area contributed by atoms with Crippen molar-refractivity contribution >= 4 is 11.9 Å². The first-order valence-electron chi connectivity index (χ1n) is 11.7. The number of aromatic nitrogens is 1. The topological polar surface area (TPSA) is 90.1 Å². The van der Waals surface area contributed by atoms with Crippen LogP contribution in [0.1, 0.15) is 55.7 Å². The highest BCUT2D eigenvalue weighted by molar-refractivity contribution is 5.96. The number of H-pyrrole nitrogens is 1.